The molecule has 3 rings (SSSR count). The maximum absolute atomic E-state index is 10.8. The first-order valence-corrected chi connectivity index (χ1v) is 9.02. The second-order valence-corrected chi connectivity index (χ2v) is 6.69. The summed E-state index contributed by atoms with van der Waals surface area (Å²) in [5.74, 6) is 1.12. The Labute approximate surface area is 143 Å². The number of rotatable bonds is 4. The molecule has 6 nitrogen and oxygen atoms in total. The van der Waals surface area contributed by atoms with Gasteiger partial charge in [-0.1, -0.05) is 6.42 Å². The van der Waals surface area contributed by atoms with Crippen molar-refractivity contribution in [1.29, 1.82) is 0 Å². The first kappa shape index (κ1) is 16.9. The summed E-state index contributed by atoms with van der Waals surface area (Å²) in [7, 11) is 0. The predicted molar refractivity (Wildman–Crippen MR) is 95.9 cm³/mol. The largest absolute Gasteiger partial charge is 0.359 e. The Hall–Kier alpha value is -1.95. The number of amidine groups is 1. The number of hydrogen-bond donors (Lipinski definition) is 0. The maximum atomic E-state index is 10.8. The van der Waals surface area contributed by atoms with E-state index in [4.69, 9.17) is 4.99 Å². The number of nitro groups is 1. The van der Waals surface area contributed by atoms with Crippen molar-refractivity contribution in [3.05, 3.63) is 34.4 Å². The van der Waals surface area contributed by atoms with Gasteiger partial charge in [-0.3, -0.25) is 15.0 Å². The number of likely N-dealkylation sites (tertiary alicyclic amines) is 2. The third kappa shape index (κ3) is 4.54. The predicted octanol–water partition coefficient (Wildman–Crippen LogP) is 3.60. The van der Waals surface area contributed by atoms with Crippen LogP contribution in [0.5, 0.6) is 0 Å². The summed E-state index contributed by atoms with van der Waals surface area (Å²) < 4.78 is 0. The molecule has 2 saturated heterocycles. The van der Waals surface area contributed by atoms with E-state index in [0.717, 1.165) is 44.2 Å². The zero-order valence-corrected chi connectivity index (χ0v) is 14.2. The Kier molecular flexibility index (Phi) is 5.80. The summed E-state index contributed by atoms with van der Waals surface area (Å²) in [6, 6.07) is 6.57. The molecule has 0 bridgehead atoms. The number of non-ortho nitro benzene ring substituents is 1. The van der Waals surface area contributed by atoms with E-state index in [2.05, 4.69) is 9.80 Å². The standard InChI is InChI=1S/C18H26N4O2/c23-22(24)17-9-7-16(8-10-17)19-18(21-13-5-2-6-14-21)15-20-11-3-1-4-12-20/h7-10H,1-6,11-15H2. The number of nitro benzene ring substituents is 1. The van der Waals surface area contributed by atoms with Gasteiger partial charge in [-0.15, -0.1) is 0 Å². The SMILES string of the molecule is O=[N+]([O-])c1ccc(N=C(CN2CCCCC2)N2CCCCC2)cc1. The molecule has 24 heavy (non-hydrogen) atoms. The van der Waals surface area contributed by atoms with Crippen LogP contribution in [-0.2, 0) is 0 Å². The third-order valence-electron chi connectivity index (χ3n) is 4.85. The van der Waals surface area contributed by atoms with Crippen molar-refractivity contribution in [3.8, 4) is 0 Å². The zero-order chi connectivity index (χ0) is 16.8. The smallest absolute Gasteiger partial charge is 0.269 e. The molecule has 0 atom stereocenters. The van der Waals surface area contributed by atoms with Crippen LogP contribution in [0.2, 0.25) is 0 Å². The van der Waals surface area contributed by atoms with Crippen molar-refractivity contribution in [2.24, 2.45) is 4.99 Å². The van der Waals surface area contributed by atoms with Gasteiger partial charge in [0, 0.05) is 25.2 Å². The minimum Gasteiger partial charge on any atom is -0.359 e. The highest BCUT2D eigenvalue weighted by atomic mass is 16.6. The number of benzene rings is 1. The maximum Gasteiger partial charge on any atom is 0.269 e. The van der Waals surface area contributed by atoms with Crippen molar-refractivity contribution < 1.29 is 4.92 Å². The molecule has 0 saturated carbocycles. The van der Waals surface area contributed by atoms with Crippen molar-refractivity contribution in [2.75, 3.05) is 32.7 Å². The monoisotopic (exact) mass is 330 g/mol. The van der Waals surface area contributed by atoms with Gasteiger partial charge in [0.2, 0.25) is 0 Å². The van der Waals surface area contributed by atoms with Crippen LogP contribution in [0.4, 0.5) is 11.4 Å². The van der Waals surface area contributed by atoms with Crippen LogP contribution in [0.1, 0.15) is 38.5 Å². The van der Waals surface area contributed by atoms with E-state index in [1.165, 1.54) is 50.7 Å². The van der Waals surface area contributed by atoms with Crippen molar-refractivity contribution in [2.45, 2.75) is 38.5 Å². The Balaban J connectivity index is 1.77. The van der Waals surface area contributed by atoms with Crippen LogP contribution in [0.15, 0.2) is 29.3 Å². The van der Waals surface area contributed by atoms with E-state index in [-0.39, 0.29) is 10.6 Å². The van der Waals surface area contributed by atoms with Crippen LogP contribution in [0.3, 0.4) is 0 Å². The van der Waals surface area contributed by atoms with Gasteiger partial charge in [-0.2, -0.15) is 0 Å². The van der Waals surface area contributed by atoms with Gasteiger partial charge >= 0.3 is 0 Å². The molecule has 1 aromatic carbocycles. The summed E-state index contributed by atoms with van der Waals surface area (Å²) in [6.45, 7) is 5.32. The van der Waals surface area contributed by atoms with Gasteiger partial charge in [-0.25, -0.2) is 4.99 Å². The van der Waals surface area contributed by atoms with E-state index in [1.54, 1.807) is 12.1 Å². The Morgan fingerprint density at radius 2 is 1.54 bits per heavy atom. The minimum atomic E-state index is -0.368. The molecule has 0 N–H and O–H groups in total. The quantitative estimate of drug-likeness (QED) is 0.366. The molecule has 0 aromatic heterocycles. The number of aliphatic imine (C=N–C) groups is 1. The molecule has 2 fully saturated rings. The molecule has 1 aromatic rings. The molecule has 2 aliphatic rings. The fourth-order valence-electron chi connectivity index (χ4n) is 3.47. The lowest BCUT2D eigenvalue weighted by Crippen LogP contribution is -2.44. The second kappa shape index (κ2) is 8.24. The van der Waals surface area contributed by atoms with Gasteiger partial charge in [0.1, 0.15) is 5.84 Å². The fourth-order valence-corrected chi connectivity index (χ4v) is 3.47. The van der Waals surface area contributed by atoms with Crippen LogP contribution >= 0.6 is 0 Å². The lowest BCUT2D eigenvalue weighted by atomic mass is 10.1. The molecule has 0 radical (unpaired) electrons. The Morgan fingerprint density at radius 3 is 2.12 bits per heavy atom. The number of piperidine rings is 2. The topological polar surface area (TPSA) is 62.0 Å². The van der Waals surface area contributed by atoms with Crippen LogP contribution in [0.25, 0.3) is 0 Å². The van der Waals surface area contributed by atoms with Gasteiger partial charge in [-0.05, 0) is 57.3 Å². The van der Waals surface area contributed by atoms with Gasteiger partial charge in [0.25, 0.3) is 5.69 Å². The van der Waals surface area contributed by atoms with Crippen molar-refractivity contribution >= 4 is 17.2 Å². The highest BCUT2D eigenvalue weighted by Gasteiger charge is 2.19. The highest BCUT2D eigenvalue weighted by molar-refractivity contribution is 5.87. The summed E-state index contributed by atoms with van der Waals surface area (Å²) in [5, 5.41) is 10.8. The molecular formula is C18H26N4O2. The normalized spacial score (nSPS) is 20.2. The molecule has 0 aliphatic carbocycles. The van der Waals surface area contributed by atoms with E-state index < -0.39 is 0 Å². The van der Waals surface area contributed by atoms with E-state index in [9.17, 15) is 10.1 Å². The number of nitrogens with zero attached hydrogens (tertiary/aromatic N) is 4. The highest BCUT2D eigenvalue weighted by Crippen LogP contribution is 2.20. The molecule has 0 amide bonds. The van der Waals surface area contributed by atoms with Crippen LogP contribution < -0.4 is 0 Å². The van der Waals surface area contributed by atoms with Gasteiger partial charge < -0.3 is 4.90 Å². The summed E-state index contributed by atoms with van der Waals surface area (Å²) in [6.07, 6.45) is 7.61. The third-order valence-corrected chi connectivity index (χ3v) is 4.85. The van der Waals surface area contributed by atoms with Crippen LogP contribution in [-0.4, -0.2) is 53.3 Å². The van der Waals surface area contributed by atoms with E-state index in [1.807, 2.05) is 0 Å². The fraction of sp³-hybridized carbons (Fsp3) is 0.611. The lowest BCUT2D eigenvalue weighted by molar-refractivity contribution is -0.384. The summed E-state index contributed by atoms with van der Waals surface area (Å²) >= 11 is 0. The first-order valence-electron chi connectivity index (χ1n) is 9.02. The Morgan fingerprint density at radius 1 is 0.958 bits per heavy atom. The number of hydrogen-bond acceptors (Lipinski definition) is 4. The summed E-state index contributed by atoms with van der Waals surface area (Å²) in [4.78, 5) is 20.2. The average Bonchev–Trinajstić information content (AvgIpc) is 2.63. The van der Waals surface area contributed by atoms with Crippen LogP contribution in [0, 0.1) is 10.1 Å². The molecule has 130 valence electrons. The van der Waals surface area contributed by atoms with Crippen molar-refractivity contribution in [3.63, 3.8) is 0 Å². The Bertz CT molecular complexity index is 573. The van der Waals surface area contributed by atoms with Gasteiger partial charge in [0.05, 0.1) is 17.2 Å². The molecule has 2 aliphatic heterocycles. The lowest BCUT2D eigenvalue weighted by Gasteiger charge is -2.34. The van der Waals surface area contributed by atoms with E-state index in [0.29, 0.717) is 0 Å². The average molecular weight is 330 g/mol. The molecule has 2 heterocycles. The molecule has 0 spiro atoms. The molecular weight excluding hydrogens is 304 g/mol. The van der Waals surface area contributed by atoms with Crippen molar-refractivity contribution in [1.82, 2.24) is 9.80 Å². The molecule has 6 heteroatoms. The second-order valence-electron chi connectivity index (χ2n) is 6.69. The molecule has 0 unspecified atom stereocenters. The van der Waals surface area contributed by atoms with E-state index >= 15 is 0 Å². The summed E-state index contributed by atoms with van der Waals surface area (Å²) in [5.41, 5.74) is 0.919. The minimum absolute atomic E-state index is 0.115. The van der Waals surface area contributed by atoms with Gasteiger partial charge in [0.15, 0.2) is 0 Å². The first-order chi connectivity index (χ1) is 11.7. The zero-order valence-electron chi connectivity index (χ0n) is 14.2.